The number of benzene rings is 7. The summed E-state index contributed by atoms with van der Waals surface area (Å²) < 4.78 is 20.6. The second kappa shape index (κ2) is 57.2. The summed E-state index contributed by atoms with van der Waals surface area (Å²) in [5.74, 6) is 0. The summed E-state index contributed by atoms with van der Waals surface area (Å²) in [6.07, 6.45) is 58.2. The number of nitrogens with zero attached hydrogens (tertiary/aromatic N) is 10. The van der Waals surface area contributed by atoms with Crippen LogP contribution in [0.5, 0.6) is 0 Å². The van der Waals surface area contributed by atoms with Crippen molar-refractivity contribution in [2.24, 2.45) is 70.5 Å². The zero-order chi connectivity index (χ0) is 92.0. The Balaban J connectivity index is 0.000000164. The molecule has 0 atom stereocenters. The summed E-state index contributed by atoms with van der Waals surface area (Å²) in [5.41, 5.74) is 21.1. The fourth-order valence-corrected chi connectivity index (χ4v) is 14.4. The van der Waals surface area contributed by atoms with E-state index in [2.05, 4.69) is 480 Å². The Morgan fingerprint density at radius 2 is 0.592 bits per heavy atom. The first kappa shape index (κ1) is 99.3. The lowest BCUT2D eigenvalue weighted by molar-refractivity contribution is -0.672. The van der Waals surface area contributed by atoms with E-state index in [1.54, 1.807) is 11.3 Å². The topological polar surface area (TPSA) is 38.8 Å². The highest BCUT2D eigenvalue weighted by Crippen LogP contribution is 2.24. The van der Waals surface area contributed by atoms with Crippen LogP contribution < -0.4 is 45.7 Å². The standard InChI is InChI=1S/C18H16N.C15H18N.2C13H14N.2C12H12N.C10H10NS.C10H16N.C8H10N.C8H12N/c1-19-13-11-15(12-14-19)9-10-17-7-4-6-16-5-2-3-8-18(16)17;1-16-12-10-15(11-13-16)9-5-8-14-6-3-2-4-7-14;1-14-9-5-8-13(11-14)10-12-6-3-2-4-7-12;1-14-9-7-13(8-10-14)11-12-5-3-2-4-6-12;1-13-9-5-8-12(10-13)11-6-3-2-4-7-11;1-13-9-7-12(8-10-13)11-5-3-2-4-6-11;1-11-6-2-4-9(8-11)10-5-3-7-12-10;1-3-4-6-10-7-5-8-11(2)9-10;1-3-8-4-6-9(2)7-5-8;1-3-8-5-4-6-9(2)7-8/h2-14H,1H3;2-4,6-7,10-13H,5,8-9H2,1H3;2-9,11H,10H2,1H3;2-10H,11H2,1H3;2*2-10H,1H3;2-8H,1H3;5,7-9H,3-4,6H2,1-2H3;3-7H,1H2,2H3;4-7H,3H2,1-2H3/q10*+1/b10-9+;;;;;;;;;. The molecule has 11 aromatic heterocycles. The Kier molecular flexibility index (Phi) is 43.7. The predicted molar refractivity (Wildman–Crippen MR) is 538 cm³/mol. The van der Waals surface area contributed by atoms with Crippen LogP contribution in [0.3, 0.4) is 0 Å². The summed E-state index contributed by atoms with van der Waals surface area (Å²) in [6.45, 7) is 8.04. The first-order chi connectivity index (χ1) is 63.4. The molecule has 0 fully saturated rings. The molecule has 10 nitrogen and oxygen atoms in total. The number of hydrogen-bond donors (Lipinski definition) is 0. The highest BCUT2D eigenvalue weighted by Gasteiger charge is 2.07. The van der Waals surface area contributed by atoms with E-state index < -0.39 is 0 Å². The number of pyridine rings is 10. The quantitative estimate of drug-likeness (QED) is 0.0768. The van der Waals surface area contributed by atoms with Crippen molar-refractivity contribution in [3.05, 3.63) is 525 Å². The number of fused-ring (bicyclic) bond motifs is 1. The van der Waals surface area contributed by atoms with Gasteiger partial charge >= 0.3 is 0 Å². The predicted octanol–water partition coefficient (Wildman–Crippen LogP) is 21.4. The van der Waals surface area contributed by atoms with Crippen molar-refractivity contribution in [1.82, 2.24) is 0 Å². The Morgan fingerprint density at radius 1 is 0.246 bits per heavy atom. The number of rotatable bonds is 18. The molecule has 0 aliphatic carbocycles. The van der Waals surface area contributed by atoms with Crippen LogP contribution in [0.4, 0.5) is 0 Å². The molecule has 7 aromatic carbocycles. The first-order valence-corrected chi connectivity index (χ1v) is 45.8. The van der Waals surface area contributed by atoms with Gasteiger partial charge in [-0.1, -0.05) is 245 Å². The van der Waals surface area contributed by atoms with E-state index in [1.165, 1.54) is 131 Å². The molecule has 11 heteroatoms. The average molecular weight is 1740 g/mol. The molecule has 0 spiro atoms. The molecule has 18 aromatic rings. The van der Waals surface area contributed by atoms with Crippen molar-refractivity contribution < 1.29 is 45.7 Å². The van der Waals surface area contributed by atoms with Gasteiger partial charge < -0.3 is 0 Å². The van der Waals surface area contributed by atoms with E-state index in [1.807, 2.05) is 131 Å². The van der Waals surface area contributed by atoms with Crippen molar-refractivity contribution in [1.29, 1.82) is 0 Å². The highest BCUT2D eigenvalue weighted by molar-refractivity contribution is 7.13. The van der Waals surface area contributed by atoms with Gasteiger partial charge in [-0.2, -0.15) is 0 Å². The molecule has 0 aliphatic heterocycles. The molecule has 656 valence electrons. The zero-order valence-corrected chi connectivity index (χ0v) is 79.3. The number of aromatic nitrogens is 10. The van der Waals surface area contributed by atoms with Crippen LogP contribution in [0.1, 0.15) is 94.3 Å². The smallest absolute Gasteiger partial charge is 0.177 e. The van der Waals surface area contributed by atoms with Crippen LogP contribution in [0, 0.1) is 0 Å². The normalized spacial score (nSPS) is 10.1. The minimum atomic E-state index is 1.01. The van der Waals surface area contributed by atoms with E-state index >= 15 is 0 Å². The number of hydrogen-bond acceptors (Lipinski definition) is 1. The molecule has 130 heavy (non-hydrogen) atoms. The van der Waals surface area contributed by atoms with Crippen LogP contribution in [0.25, 0.3) is 61.7 Å². The van der Waals surface area contributed by atoms with E-state index in [0.717, 1.165) is 31.2 Å². The largest absolute Gasteiger partial charge is 0.208 e. The van der Waals surface area contributed by atoms with Gasteiger partial charge in [-0.15, -0.1) is 11.3 Å². The fourth-order valence-electron chi connectivity index (χ4n) is 13.7. The molecule has 11 heterocycles. The third-order valence-corrected chi connectivity index (χ3v) is 21.9. The second-order valence-corrected chi connectivity index (χ2v) is 33.1. The molecule has 0 radical (unpaired) electrons. The maximum atomic E-state index is 3.65. The summed E-state index contributed by atoms with van der Waals surface area (Å²) >= 11 is 1.77. The SMILES string of the molecule is C=Cc1cc[n+](C)cc1.CCCCc1ccc[n+](C)c1.CCc1ccc[n+](C)c1.C[n+]1ccc(-c2ccccc2)cc1.C[n+]1ccc(/C=C/c2cccc3ccccc23)cc1.C[n+]1ccc(CCCc2ccccc2)cc1.C[n+]1ccc(Cc2ccccc2)cc1.C[n+]1cccc(-c2ccccc2)c1.C[n+]1cccc(-c2cccs2)c1.C[n+]1cccc(Cc2ccccc2)c1. The number of aryl methyl sites for hydroxylation is 14. The monoisotopic (exact) mass is 1740 g/mol. The van der Waals surface area contributed by atoms with Gasteiger partial charge in [0.2, 0.25) is 0 Å². The Morgan fingerprint density at radius 3 is 1.07 bits per heavy atom. The molecular weight excluding hydrogens is 1600 g/mol. The maximum Gasteiger partial charge on any atom is 0.177 e. The highest BCUT2D eigenvalue weighted by atomic mass is 32.1. The number of unbranched alkanes of at least 4 members (excludes halogenated alkanes) is 1. The van der Waals surface area contributed by atoms with Crippen molar-refractivity contribution in [3.63, 3.8) is 0 Å². The van der Waals surface area contributed by atoms with Crippen LogP contribution >= 0.6 is 11.3 Å². The van der Waals surface area contributed by atoms with Crippen molar-refractivity contribution in [2.45, 2.75) is 71.6 Å². The molecule has 0 saturated carbocycles. The number of thiophene rings is 1. The molecule has 0 N–H and O–H groups in total. The fraction of sp³-hybridized carbons (Fsp3) is 0.176. The van der Waals surface area contributed by atoms with E-state index in [4.69, 9.17) is 0 Å². The second-order valence-electron chi connectivity index (χ2n) is 32.2. The summed E-state index contributed by atoms with van der Waals surface area (Å²) in [4.78, 5) is 1.33. The van der Waals surface area contributed by atoms with Gasteiger partial charge in [0.05, 0.1) is 5.56 Å². The minimum Gasteiger partial charge on any atom is -0.208 e. The van der Waals surface area contributed by atoms with Crippen molar-refractivity contribution in [2.75, 3.05) is 0 Å². The third kappa shape index (κ3) is 38.8. The van der Waals surface area contributed by atoms with Gasteiger partial charge in [-0.25, -0.2) is 45.7 Å². The molecule has 0 unspecified atom stereocenters. The van der Waals surface area contributed by atoms with E-state index in [9.17, 15) is 0 Å². The Bertz CT molecular complexity index is 6170. The lowest BCUT2D eigenvalue weighted by Gasteiger charge is -2.01. The summed E-state index contributed by atoms with van der Waals surface area (Å²) in [5, 5.41) is 4.68. The van der Waals surface area contributed by atoms with Gasteiger partial charge in [-0.05, 0) is 159 Å². The van der Waals surface area contributed by atoms with E-state index in [0.29, 0.717) is 0 Å². The lowest BCUT2D eigenvalue weighted by Crippen LogP contribution is -2.26. The third-order valence-electron chi connectivity index (χ3n) is 21.0. The summed E-state index contributed by atoms with van der Waals surface area (Å²) in [6, 6.07) is 114. The lowest BCUT2D eigenvalue weighted by atomic mass is 10.0. The van der Waals surface area contributed by atoms with Crippen LogP contribution in [-0.2, 0) is 109 Å². The molecule has 0 saturated heterocycles. The Labute approximate surface area is 780 Å². The van der Waals surface area contributed by atoms with E-state index in [-0.39, 0.29) is 0 Å². The van der Waals surface area contributed by atoms with Gasteiger partial charge in [-0.3, -0.25) is 0 Å². The van der Waals surface area contributed by atoms with Crippen molar-refractivity contribution in [3.8, 4) is 32.7 Å². The van der Waals surface area contributed by atoms with Crippen LogP contribution in [0.2, 0.25) is 0 Å². The first-order valence-electron chi connectivity index (χ1n) is 44.9. The molecular formula is C119H134N10S+10. The van der Waals surface area contributed by atoms with Gasteiger partial charge in [0, 0.05) is 125 Å². The molecule has 0 aliphatic rings. The zero-order valence-electron chi connectivity index (χ0n) is 78.5. The summed E-state index contributed by atoms with van der Waals surface area (Å²) in [7, 11) is 20.4. The maximum absolute atomic E-state index is 3.65. The van der Waals surface area contributed by atoms with Gasteiger partial charge in [0.15, 0.2) is 124 Å². The Hall–Kier alpha value is -14.5. The van der Waals surface area contributed by atoms with Crippen LogP contribution in [-0.4, -0.2) is 0 Å². The molecule has 18 rings (SSSR count). The average Bonchev–Trinajstić information content (AvgIpc) is 0.906. The minimum absolute atomic E-state index is 1.01. The molecule has 0 amide bonds. The molecule has 0 bridgehead atoms. The van der Waals surface area contributed by atoms with Crippen LogP contribution in [0.15, 0.2) is 463 Å². The van der Waals surface area contributed by atoms with Gasteiger partial charge in [0.1, 0.15) is 70.5 Å². The van der Waals surface area contributed by atoms with Gasteiger partial charge in [0.25, 0.3) is 0 Å². The van der Waals surface area contributed by atoms with Crippen molar-refractivity contribution >= 4 is 40.3 Å².